The maximum Gasteiger partial charge on any atom is 0.272 e. The van der Waals surface area contributed by atoms with Crippen molar-refractivity contribution in [3.05, 3.63) is 17.5 Å². The molecule has 9 nitrogen and oxygen atoms in total. The van der Waals surface area contributed by atoms with E-state index in [1.54, 1.807) is 14.0 Å². The quantitative estimate of drug-likeness (QED) is 0.629. The molecule has 4 rings (SSSR count). The summed E-state index contributed by atoms with van der Waals surface area (Å²) in [5.41, 5.74) is -0.475. The van der Waals surface area contributed by atoms with Crippen LogP contribution in [0.5, 0.6) is 0 Å². The first-order valence-electron chi connectivity index (χ1n) is 11.6. The molecule has 0 aromatic carbocycles. The second-order valence-electron chi connectivity index (χ2n) is 9.32. The number of carbonyl (C=O) groups is 3. The molecule has 1 aromatic rings. The van der Waals surface area contributed by atoms with Crippen molar-refractivity contribution in [1.29, 1.82) is 0 Å². The van der Waals surface area contributed by atoms with E-state index in [2.05, 4.69) is 20.6 Å². The number of rotatable bonds is 7. The van der Waals surface area contributed by atoms with E-state index in [4.69, 9.17) is 0 Å². The highest BCUT2D eigenvalue weighted by molar-refractivity contribution is 6.01. The molecular weight excluding hydrogens is 396 g/mol. The third-order valence-corrected chi connectivity index (χ3v) is 7.05. The molecule has 1 saturated carbocycles. The smallest absolute Gasteiger partial charge is 0.272 e. The van der Waals surface area contributed by atoms with Crippen molar-refractivity contribution in [2.24, 2.45) is 0 Å². The van der Waals surface area contributed by atoms with Crippen molar-refractivity contribution in [3.8, 4) is 0 Å². The number of hydrogen-bond acceptors (Lipinski definition) is 5. The average Bonchev–Trinajstić information content (AvgIpc) is 3.51. The number of carbonyl (C=O) groups excluding carboxylic acids is 3. The van der Waals surface area contributed by atoms with E-state index in [1.165, 1.54) is 28.5 Å². The normalized spacial score (nSPS) is 24.5. The number of hydrogen-bond donors (Lipinski definition) is 2. The molecular formula is C22H34N6O3. The van der Waals surface area contributed by atoms with Gasteiger partial charge < -0.3 is 20.4 Å². The van der Waals surface area contributed by atoms with Crippen molar-refractivity contribution in [1.82, 2.24) is 30.2 Å². The number of fused-ring (bicyclic) bond motifs is 1. The Bertz CT molecular complexity index is 840. The summed E-state index contributed by atoms with van der Waals surface area (Å²) in [5, 5.41) is 10.4. The lowest BCUT2D eigenvalue weighted by Crippen LogP contribution is -2.63. The number of likely N-dealkylation sites (tertiary alicyclic amines) is 1. The molecule has 2 N–H and O–H groups in total. The molecule has 170 valence electrons. The summed E-state index contributed by atoms with van der Waals surface area (Å²) in [7, 11) is 1.64. The fraction of sp³-hybridized carbons (Fsp3) is 0.727. The van der Waals surface area contributed by atoms with Gasteiger partial charge in [0.25, 0.3) is 11.8 Å². The summed E-state index contributed by atoms with van der Waals surface area (Å²) >= 11 is 0. The summed E-state index contributed by atoms with van der Waals surface area (Å²) in [6, 6.07) is 1.71. The Balaban J connectivity index is 1.38. The predicted octanol–water partition coefficient (Wildman–Crippen LogP) is 1.00. The first-order valence-corrected chi connectivity index (χ1v) is 11.6. The van der Waals surface area contributed by atoms with Crippen molar-refractivity contribution in [3.63, 3.8) is 0 Å². The number of amides is 3. The molecule has 3 amide bonds. The standard InChI is InChI=1S/C22H34N6O3/c1-22(21(31)24-16-8-3-4-9-16)15-28-18(20(30)26(22)2)14-17(25-28)19(29)23-10-7-13-27-11-5-6-12-27/h14,16H,3-13,15H2,1-2H3,(H,23,29)(H,24,31)/t22-/m1/s1. The minimum atomic E-state index is -1.04. The van der Waals surface area contributed by atoms with E-state index in [0.29, 0.717) is 12.2 Å². The molecule has 3 aliphatic rings. The SMILES string of the molecule is CN1C(=O)c2cc(C(=O)NCCCN3CCCC3)nn2C[C@]1(C)C(=O)NC1CCCC1. The minimum absolute atomic E-state index is 0.163. The summed E-state index contributed by atoms with van der Waals surface area (Å²) in [6.45, 7) is 5.84. The van der Waals surface area contributed by atoms with Crippen molar-refractivity contribution >= 4 is 17.7 Å². The van der Waals surface area contributed by atoms with Gasteiger partial charge in [0, 0.05) is 25.7 Å². The molecule has 0 bridgehead atoms. The van der Waals surface area contributed by atoms with Gasteiger partial charge >= 0.3 is 0 Å². The maximum atomic E-state index is 13.0. The second-order valence-corrected chi connectivity index (χ2v) is 9.32. The average molecular weight is 431 g/mol. The highest BCUT2D eigenvalue weighted by Gasteiger charge is 2.46. The van der Waals surface area contributed by atoms with Crippen LogP contribution in [0.25, 0.3) is 0 Å². The van der Waals surface area contributed by atoms with Gasteiger partial charge in [-0.05, 0) is 58.7 Å². The number of aromatic nitrogens is 2. The van der Waals surface area contributed by atoms with Crippen LogP contribution in [-0.4, -0.2) is 82.1 Å². The van der Waals surface area contributed by atoms with Gasteiger partial charge in [-0.15, -0.1) is 0 Å². The Kier molecular flexibility index (Phi) is 6.31. The maximum absolute atomic E-state index is 13.0. The first kappa shape index (κ1) is 21.8. The van der Waals surface area contributed by atoms with Gasteiger partial charge in [-0.1, -0.05) is 12.8 Å². The molecule has 3 heterocycles. The molecule has 2 aliphatic heterocycles. The predicted molar refractivity (Wildman–Crippen MR) is 116 cm³/mol. The van der Waals surface area contributed by atoms with Crippen LogP contribution in [0.1, 0.15) is 72.8 Å². The molecule has 1 saturated heterocycles. The van der Waals surface area contributed by atoms with Crippen LogP contribution < -0.4 is 10.6 Å². The summed E-state index contributed by atoms with van der Waals surface area (Å²) in [5.74, 6) is -0.740. The highest BCUT2D eigenvalue weighted by atomic mass is 16.2. The number of likely N-dealkylation sites (N-methyl/N-ethyl adjacent to an activating group) is 1. The van der Waals surface area contributed by atoms with E-state index < -0.39 is 5.54 Å². The molecule has 1 atom stereocenters. The molecule has 0 unspecified atom stereocenters. The van der Waals surface area contributed by atoms with Crippen molar-refractivity contribution in [2.45, 2.75) is 70.0 Å². The van der Waals surface area contributed by atoms with Crippen LogP contribution in [0, 0.1) is 0 Å². The molecule has 2 fully saturated rings. The molecule has 9 heteroatoms. The Hall–Kier alpha value is -2.42. The Morgan fingerprint density at radius 1 is 1.19 bits per heavy atom. The van der Waals surface area contributed by atoms with E-state index >= 15 is 0 Å². The van der Waals surface area contributed by atoms with Crippen molar-refractivity contribution < 1.29 is 14.4 Å². The lowest BCUT2D eigenvalue weighted by atomic mass is 9.95. The Morgan fingerprint density at radius 3 is 2.61 bits per heavy atom. The minimum Gasteiger partial charge on any atom is -0.351 e. The summed E-state index contributed by atoms with van der Waals surface area (Å²) in [6.07, 6.45) is 7.61. The zero-order chi connectivity index (χ0) is 22.0. The van der Waals surface area contributed by atoms with Gasteiger partial charge in [0.05, 0.1) is 6.54 Å². The molecule has 0 spiro atoms. The second kappa shape index (κ2) is 8.98. The highest BCUT2D eigenvalue weighted by Crippen LogP contribution is 2.27. The topological polar surface area (TPSA) is 99.6 Å². The summed E-state index contributed by atoms with van der Waals surface area (Å²) in [4.78, 5) is 42.5. The van der Waals surface area contributed by atoms with E-state index in [-0.39, 0.29) is 36.0 Å². The third-order valence-electron chi connectivity index (χ3n) is 7.05. The molecule has 1 aromatic heterocycles. The van der Waals surface area contributed by atoms with Crippen LogP contribution in [0.4, 0.5) is 0 Å². The lowest BCUT2D eigenvalue weighted by molar-refractivity contribution is -0.133. The van der Waals surface area contributed by atoms with Gasteiger partial charge in [-0.3, -0.25) is 19.1 Å². The largest absolute Gasteiger partial charge is 0.351 e. The van der Waals surface area contributed by atoms with Crippen LogP contribution in [0.3, 0.4) is 0 Å². The fourth-order valence-electron chi connectivity index (χ4n) is 4.85. The molecule has 1 aliphatic carbocycles. The van der Waals surface area contributed by atoms with Gasteiger partial charge in [-0.2, -0.15) is 5.10 Å². The number of nitrogens with zero attached hydrogens (tertiary/aromatic N) is 4. The Labute approximate surface area is 183 Å². The van der Waals surface area contributed by atoms with E-state index in [9.17, 15) is 14.4 Å². The van der Waals surface area contributed by atoms with Crippen LogP contribution in [-0.2, 0) is 11.3 Å². The Morgan fingerprint density at radius 2 is 1.90 bits per heavy atom. The van der Waals surface area contributed by atoms with Crippen LogP contribution >= 0.6 is 0 Å². The van der Waals surface area contributed by atoms with Gasteiger partial charge in [0.15, 0.2) is 5.69 Å². The van der Waals surface area contributed by atoms with E-state index in [0.717, 1.165) is 51.7 Å². The first-order chi connectivity index (χ1) is 14.9. The van der Waals surface area contributed by atoms with Gasteiger partial charge in [0.1, 0.15) is 11.2 Å². The summed E-state index contributed by atoms with van der Waals surface area (Å²) < 4.78 is 1.51. The zero-order valence-corrected chi connectivity index (χ0v) is 18.7. The molecule has 0 radical (unpaired) electrons. The van der Waals surface area contributed by atoms with Crippen LogP contribution in [0.2, 0.25) is 0 Å². The van der Waals surface area contributed by atoms with E-state index in [1.807, 2.05) is 0 Å². The van der Waals surface area contributed by atoms with Gasteiger partial charge in [-0.25, -0.2) is 0 Å². The lowest BCUT2D eigenvalue weighted by Gasteiger charge is -2.41. The van der Waals surface area contributed by atoms with Crippen LogP contribution in [0.15, 0.2) is 6.07 Å². The molecule has 31 heavy (non-hydrogen) atoms. The van der Waals surface area contributed by atoms with Crippen molar-refractivity contribution in [2.75, 3.05) is 33.2 Å². The third kappa shape index (κ3) is 4.46. The monoisotopic (exact) mass is 430 g/mol. The number of nitrogens with one attached hydrogen (secondary N) is 2. The fourth-order valence-corrected chi connectivity index (χ4v) is 4.85. The van der Waals surface area contributed by atoms with Gasteiger partial charge in [0.2, 0.25) is 5.91 Å². The zero-order valence-electron chi connectivity index (χ0n) is 18.7.